The minimum absolute atomic E-state index is 0.766. The molecule has 2 N–H and O–H groups in total. The average Bonchev–Trinajstić information content (AvgIpc) is 2.71. The summed E-state index contributed by atoms with van der Waals surface area (Å²) in [6.45, 7) is 3.49. The first-order valence-corrected chi connectivity index (χ1v) is 4.96. The van der Waals surface area contributed by atoms with Crippen LogP contribution in [0.1, 0.15) is 17.2 Å². The summed E-state index contributed by atoms with van der Waals surface area (Å²) >= 11 is 0. The molecular formula is C11H14N4. The number of nitrogens with one attached hydrogen (secondary N) is 2. The second-order valence-electron chi connectivity index (χ2n) is 3.39. The summed E-state index contributed by atoms with van der Waals surface area (Å²) in [6.07, 6.45) is 3.71. The summed E-state index contributed by atoms with van der Waals surface area (Å²) < 4.78 is 0. The van der Waals surface area contributed by atoms with Gasteiger partial charge in [-0.15, -0.1) is 0 Å². The number of aromatic nitrogens is 3. The molecule has 0 spiro atoms. The number of aromatic amines is 1. The second-order valence-corrected chi connectivity index (χ2v) is 3.39. The van der Waals surface area contributed by atoms with Crippen molar-refractivity contribution in [3.05, 3.63) is 47.8 Å². The van der Waals surface area contributed by atoms with Crippen molar-refractivity contribution in [1.29, 1.82) is 0 Å². The Morgan fingerprint density at radius 1 is 1.33 bits per heavy atom. The Balaban J connectivity index is 1.83. The van der Waals surface area contributed by atoms with Crippen molar-refractivity contribution in [3.63, 3.8) is 0 Å². The normalized spacial score (nSPS) is 10.5. The first kappa shape index (κ1) is 9.86. The maximum atomic E-state index is 4.31. The van der Waals surface area contributed by atoms with Crippen LogP contribution in [-0.2, 0) is 13.1 Å². The van der Waals surface area contributed by atoms with E-state index in [1.54, 1.807) is 6.20 Å². The van der Waals surface area contributed by atoms with E-state index in [1.165, 1.54) is 5.69 Å². The molecule has 2 aromatic heterocycles. The van der Waals surface area contributed by atoms with Crippen molar-refractivity contribution in [1.82, 2.24) is 20.3 Å². The van der Waals surface area contributed by atoms with Gasteiger partial charge in [0.05, 0.1) is 5.69 Å². The highest BCUT2D eigenvalue weighted by Crippen LogP contribution is 1.96. The fourth-order valence-corrected chi connectivity index (χ4v) is 1.41. The minimum Gasteiger partial charge on any atom is -0.364 e. The molecule has 0 aliphatic rings. The first-order valence-electron chi connectivity index (χ1n) is 4.96. The average molecular weight is 202 g/mol. The number of hydrogen-bond donors (Lipinski definition) is 2. The standard InChI is InChI=1S/C11H14N4/c1-9-13-6-4-11(15-9)8-12-7-10-3-2-5-14-10/h2-6,12,14H,7-8H2,1H3. The third kappa shape index (κ3) is 2.89. The smallest absolute Gasteiger partial charge is 0.125 e. The predicted molar refractivity (Wildman–Crippen MR) is 58.1 cm³/mol. The van der Waals surface area contributed by atoms with E-state index in [4.69, 9.17) is 0 Å². The largest absolute Gasteiger partial charge is 0.364 e. The van der Waals surface area contributed by atoms with Crippen molar-refractivity contribution in [2.24, 2.45) is 0 Å². The van der Waals surface area contributed by atoms with Gasteiger partial charge in [-0.1, -0.05) is 0 Å². The van der Waals surface area contributed by atoms with E-state index in [0.717, 1.165) is 24.6 Å². The van der Waals surface area contributed by atoms with Gasteiger partial charge in [-0.3, -0.25) is 0 Å². The molecule has 0 fully saturated rings. The van der Waals surface area contributed by atoms with Crippen LogP contribution in [0.5, 0.6) is 0 Å². The molecule has 4 nitrogen and oxygen atoms in total. The molecule has 4 heteroatoms. The molecule has 0 saturated heterocycles. The third-order valence-corrected chi connectivity index (χ3v) is 2.12. The third-order valence-electron chi connectivity index (χ3n) is 2.12. The first-order chi connectivity index (χ1) is 7.34. The van der Waals surface area contributed by atoms with Gasteiger partial charge in [0.25, 0.3) is 0 Å². The Hall–Kier alpha value is -1.68. The van der Waals surface area contributed by atoms with Crippen LogP contribution < -0.4 is 5.32 Å². The van der Waals surface area contributed by atoms with Crippen LogP contribution in [0.3, 0.4) is 0 Å². The summed E-state index contributed by atoms with van der Waals surface area (Å²) in [4.78, 5) is 11.5. The maximum Gasteiger partial charge on any atom is 0.125 e. The number of aryl methyl sites for hydroxylation is 1. The summed E-state index contributed by atoms with van der Waals surface area (Å²) in [5, 5.41) is 3.31. The quantitative estimate of drug-likeness (QED) is 0.788. The second kappa shape index (κ2) is 4.70. The summed E-state index contributed by atoms with van der Waals surface area (Å²) in [7, 11) is 0. The van der Waals surface area contributed by atoms with E-state index in [1.807, 2.05) is 25.3 Å². The van der Waals surface area contributed by atoms with Gasteiger partial charge < -0.3 is 10.3 Å². The summed E-state index contributed by atoms with van der Waals surface area (Å²) in [6, 6.07) is 5.97. The van der Waals surface area contributed by atoms with E-state index >= 15 is 0 Å². The summed E-state index contributed by atoms with van der Waals surface area (Å²) in [5.74, 6) is 0.814. The molecule has 0 aliphatic carbocycles. The van der Waals surface area contributed by atoms with Crippen LogP contribution in [0.4, 0.5) is 0 Å². The molecule has 0 radical (unpaired) electrons. The molecular weight excluding hydrogens is 188 g/mol. The zero-order chi connectivity index (χ0) is 10.5. The van der Waals surface area contributed by atoms with Gasteiger partial charge in [-0.25, -0.2) is 9.97 Å². The highest BCUT2D eigenvalue weighted by molar-refractivity contribution is 5.04. The van der Waals surface area contributed by atoms with Crippen molar-refractivity contribution >= 4 is 0 Å². The summed E-state index contributed by atoms with van der Waals surface area (Å²) in [5.41, 5.74) is 2.20. The highest BCUT2D eigenvalue weighted by Gasteiger charge is 1.96. The lowest BCUT2D eigenvalue weighted by atomic mass is 10.3. The van der Waals surface area contributed by atoms with Crippen LogP contribution in [0, 0.1) is 6.92 Å². The zero-order valence-electron chi connectivity index (χ0n) is 8.70. The fraction of sp³-hybridized carbons (Fsp3) is 0.273. The number of hydrogen-bond acceptors (Lipinski definition) is 3. The molecule has 0 atom stereocenters. The van der Waals surface area contributed by atoms with Gasteiger partial charge in [-0.05, 0) is 25.1 Å². The number of rotatable bonds is 4. The lowest BCUT2D eigenvalue weighted by Crippen LogP contribution is -2.14. The molecule has 0 saturated carbocycles. The SMILES string of the molecule is Cc1nccc(CNCc2ccc[nH]2)n1. The van der Waals surface area contributed by atoms with E-state index in [-0.39, 0.29) is 0 Å². The molecule has 0 unspecified atom stereocenters. The number of nitrogens with zero attached hydrogens (tertiary/aromatic N) is 2. The zero-order valence-corrected chi connectivity index (χ0v) is 8.70. The van der Waals surface area contributed by atoms with Crippen LogP contribution in [-0.4, -0.2) is 15.0 Å². The Morgan fingerprint density at radius 2 is 2.27 bits per heavy atom. The number of H-pyrrole nitrogens is 1. The van der Waals surface area contributed by atoms with Crippen LogP contribution in [0.2, 0.25) is 0 Å². The van der Waals surface area contributed by atoms with Gasteiger partial charge in [0, 0.05) is 31.2 Å². The fourth-order valence-electron chi connectivity index (χ4n) is 1.41. The van der Waals surface area contributed by atoms with Crippen molar-refractivity contribution in [2.75, 3.05) is 0 Å². The van der Waals surface area contributed by atoms with E-state index < -0.39 is 0 Å². The highest BCUT2D eigenvalue weighted by atomic mass is 14.9. The molecule has 2 aromatic rings. The Bertz CT molecular complexity index is 408. The van der Waals surface area contributed by atoms with Crippen LogP contribution in [0.15, 0.2) is 30.6 Å². The molecule has 78 valence electrons. The van der Waals surface area contributed by atoms with E-state index in [9.17, 15) is 0 Å². The molecule has 0 aromatic carbocycles. The lowest BCUT2D eigenvalue weighted by molar-refractivity contribution is 0.666. The molecule has 15 heavy (non-hydrogen) atoms. The maximum absolute atomic E-state index is 4.31. The molecule has 0 amide bonds. The molecule has 2 rings (SSSR count). The van der Waals surface area contributed by atoms with Crippen LogP contribution >= 0.6 is 0 Å². The molecule has 0 aliphatic heterocycles. The van der Waals surface area contributed by atoms with E-state index in [0.29, 0.717) is 0 Å². The van der Waals surface area contributed by atoms with Crippen molar-refractivity contribution in [3.8, 4) is 0 Å². The lowest BCUT2D eigenvalue weighted by Gasteiger charge is -2.03. The molecule has 2 heterocycles. The van der Waals surface area contributed by atoms with Gasteiger partial charge >= 0.3 is 0 Å². The van der Waals surface area contributed by atoms with Gasteiger partial charge in [0.1, 0.15) is 5.82 Å². The Labute approximate surface area is 88.8 Å². The van der Waals surface area contributed by atoms with Gasteiger partial charge in [-0.2, -0.15) is 0 Å². The minimum atomic E-state index is 0.766. The van der Waals surface area contributed by atoms with Crippen molar-refractivity contribution < 1.29 is 0 Å². The molecule has 0 bridgehead atoms. The van der Waals surface area contributed by atoms with E-state index in [2.05, 4.69) is 26.3 Å². The Kier molecular flexibility index (Phi) is 3.09. The van der Waals surface area contributed by atoms with Gasteiger partial charge in [0.2, 0.25) is 0 Å². The van der Waals surface area contributed by atoms with Crippen LogP contribution in [0.25, 0.3) is 0 Å². The Morgan fingerprint density at radius 3 is 3.00 bits per heavy atom. The predicted octanol–water partition coefficient (Wildman–Crippen LogP) is 1.40. The van der Waals surface area contributed by atoms with Crippen molar-refractivity contribution in [2.45, 2.75) is 20.0 Å². The topological polar surface area (TPSA) is 53.6 Å². The van der Waals surface area contributed by atoms with Gasteiger partial charge in [0.15, 0.2) is 0 Å². The monoisotopic (exact) mass is 202 g/mol.